The van der Waals surface area contributed by atoms with Crippen molar-refractivity contribution in [3.05, 3.63) is 95.6 Å². The Hall–Kier alpha value is -2.89. The molecule has 0 bridgehead atoms. The van der Waals surface area contributed by atoms with Crippen LogP contribution in [0.3, 0.4) is 0 Å². The molecule has 3 aromatic rings. The van der Waals surface area contributed by atoms with E-state index in [1.165, 1.54) is 0 Å². The summed E-state index contributed by atoms with van der Waals surface area (Å²) in [6.07, 6.45) is -0.936. The van der Waals surface area contributed by atoms with E-state index in [1.807, 2.05) is 86.9 Å². The van der Waals surface area contributed by atoms with Crippen LogP contribution >= 0.6 is 12.2 Å². The number of benzene rings is 3. The van der Waals surface area contributed by atoms with Gasteiger partial charge in [-0.05, 0) is 23.3 Å². The van der Waals surface area contributed by atoms with Gasteiger partial charge in [0.1, 0.15) is 35.8 Å². The van der Waals surface area contributed by atoms with Crippen LogP contribution in [0.2, 0.25) is 0 Å². The Balaban J connectivity index is 1.81. The van der Waals surface area contributed by atoms with Gasteiger partial charge < -0.3 is 19.5 Å². The van der Waals surface area contributed by atoms with Gasteiger partial charge in [-0.15, -0.1) is 0 Å². The van der Waals surface area contributed by atoms with E-state index >= 15 is 0 Å². The van der Waals surface area contributed by atoms with E-state index in [0.717, 1.165) is 11.1 Å². The first kappa shape index (κ1) is 20.8. The van der Waals surface area contributed by atoms with Gasteiger partial charge in [0.05, 0.1) is 0 Å². The molecule has 0 aliphatic carbocycles. The number of nitrogens with zero attached hydrogens (tertiary/aromatic N) is 1. The lowest BCUT2D eigenvalue weighted by Gasteiger charge is -2.22. The smallest absolute Gasteiger partial charge is 0.133 e. The molecule has 0 saturated heterocycles. The van der Waals surface area contributed by atoms with E-state index < -0.39 is 6.10 Å². The van der Waals surface area contributed by atoms with Crippen molar-refractivity contribution in [2.45, 2.75) is 19.3 Å². The summed E-state index contributed by atoms with van der Waals surface area (Å²) in [5.74, 6) is 1.22. The zero-order chi connectivity index (χ0) is 20.6. The molecule has 1 atom stereocenters. The van der Waals surface area contributed by atoms with Gasteiger partial charge in [0, 0.05) is 25.7 Å². The van der Waals surface area contributed by atoms with Crippen molar-refractivity contribution in [3.63, 3.8) is 0 Å². The van der Waals surface area contributed by atoms with Crippen LogP contribution in [0.5, 0.6) is 11.5 Å². The molecule has 0 amide bonds. The fraction of sp³-hybridized carbons (Fsp3) is 0.208. The predicted molar refractivity (Wildman–Crippen MR) is 119 cm³/mol. The number of ether oxygens (including phenoxy) is 2. The third-order valence-electron chi connectivity index (χ3n) is 4.44. The highest BCUT2D eigenvalue weighted by Gasteiger charge is 2.20. The molecule has 29 heavy (non-hydrogen) atoms. The van der Waals surface area contributed by atoms with Gasteiger partial charge in [0.25, 0.3) is 0 Å². The molecule has 0 aliphatic heterocycles. The van der Waals surface area contributed by atoms with Crippen molar-refractivity contribution in [2.75, 3.05) is 14.1 Å². The number of aliphatic hydroxyl groups is 1. The molecule has 0 spiro atoms. The topological polar surface area (TPSA) is 41.9 Å². The lowest BCUT2D eigenvalue weighted by molar-refractivity contribution is 0.223. The minimum absolute atomic E-state index is 0.386. The van der Waals surface area contributed by atoms with E-state index in [2.05, 4.69) is 0 Å². The second-order valence-electron chi connectivity index (χ2n) is 6.88. The van der Waals surface area contributed by atoms with Crippen molar-refractivity contribution < 1.29 is 14.6 Å². The van der Waals surface area contributed by atoms with Crippen molar-refractivity contribution >= 4 is 17.2 Å². The molecule has 0 heterocycles. The third-order valence-corrected chi connectivity index (χ3v) is 5.03. The van der Waals surface area contributed by atoms with E-state index in [1.54, 1.807) is 11.0 Å². The molecule has 1 unspecified atom stereocenters. The number of hydrogen-bond donors (Lipinski definition) is 1. The van der Waals surface area contributed by atoms with Crippen LogP contribution in [0.25, 0.3) is 0 Å². The highest BCUT2D eigenvalue weighted by molar-refractivity contribution is 7.80. The van der Waals surface area contributed by atoms with Gasteiger partial charge in [0.2, 0.25) is 0 Å². The highest BCUT2D eigenvalue weighted by atomic mass is 32.1. The molecular weight excluding hydrogens is 382 g/mol. The largest absolute Gasteiger partial charge is 0.489 e. The summed E-state index contributed by atoms with van der Waals surface area (Å²) in [5, 5.41) is 10.7. The van der Waals surface area contributed by atoms with E-state index in [4.69, 9.17) is 21.7 Å². The van der Waals surface area contributed by atoms with Gasteiger partial charge in [-0.2, -0.15) is 0 Å². The lowest BCUT2D eigenvalue weighted by atomic mass is 10.1. The van der Waals surface area contributed by atoms with Crippen molar-refractivity contribution in [2.24, 2.45) is 0 Å². The third kappa shape index (κ3) is 5.79. The fourth-order valence-corrected chi connectivity index (χ4v) is 2.94. The quantitative estimate of drug-likeness (QED) is 0.545. The van der Waals surface area contributed by atoms with Gasteiger partial charge in [-0.1, -0.05) is 72.9 Å². The summed E-state index contributed by atoms with van der Waals surface area (Å²) >= 11 is 5.36. The van der Waals surface area contributed by atoms with Gasteiger partial charge in [-0.25, -0.2) is 0 Å². The molecule has 0 fully saturated rings. The number of rotatable bonds is 8. The van der Waals surface area contributed by atoms with Crippen LogP contribution in [0.15, 0.2) is 78.9 Å². The molecule has 0 radical (unpaired) electrons. The Kier molecular flexibility index (Phi) is 7.22. The van der Waals surface area contributed by atoms with E-state index in [0.29, 0.717) is 35.3 Å². The number of hydrogen-bond acceptors (Lipinski definition) is 4. The summed E-state index contributed by atoms with van der Waals surface area (Å²) in [4.78, 5) is 2.15. The summed E-state index contributed by atoms with van der Waals surface area (Å²) in [6, 6.07) is 25.3. The Bertz CT molecular complexity index is 929. The van der Waals surface area contributed by atoms with Crippen molar-refractivity contribution in [3.8, 4) is 11.5 Å². The standard InChI is InChI=1S/C24H25NO3S/c1-25(2)24(29)23(26)21-14-13-20(27-16-18-9-5-3-6-10-18)15-22(21)28-17-19-11-7-4-8-12-19/h3-15,23,26H,16-17H2,1-2H3. The fourth-order valence-electron chi connectivity index (χ4n) is 2.81. The Labute approximate surface area is 177 Å². The first-order valence-electron chi connectivity index (χ1n) is 9.41. The molecule has 5 heteroatoms. The van der Waals surface area contributed by atoms with Crippen LogP contribution in [0.4, 0.5) is 0 Å². The van der Waals surface area contributed by atoms with E-state index in [-0.39, 0.29) is 0 Å². The first-order chi connectivity index (χ1) is 14.0. The van der Waals surface area contributed by atoms with Crippen LogP contribution in [0, 0.1) is 0 Å². The summed E-state index contributed by atoms with van der Waals surface area (Å²) in [5.41, 5.74) is 2.74. The minimum Gasteiger partial charge on any atom is -0.489 e. The number of thiocarbonyl (C=S) groups is 1. The molecule has 0 aromatic heterocycles. The monoisotopic (exact) mass is 407 g/mol. The van der Waals surface area contributed by atoms with Gasteiger partial charge in [0.15, 0.2) is 0 Å². The van der Waals surface area contributed by atoms with E-state index in [9.17, 15) is 5.11 Å². The van der Waals surface area contributed by atoms with Crippen LogP contribution in [-0.2, 0) is 13.2 Å². The minimum atomic E-state index is -0.936. The molecule has 0 saturated carbocycles. The van der Waals surface area contributed by atoms with Crippen molar-refractivity contribution in [1.29, 1.82) is 0 Å². The summed E-state index contributed by atoms with van der Waals surface area (Å²) in [6.45, 7) is 0.842. The zero-order valence-corrected chi connectivity index (χ0v) is 17.4. The van der Waals surface area contributed by atoms with Gasteiger partial charge in [-0.3, -0.25) is 0 Å². The lowest BCUT2D eigenvalue weighted by Crippen LogP contribution is -2.26. The molecule has 0 aliphatic rings. The first-order valence-corrected chi connectivity index (χ1v) is 9.82. The predicted octanol–water partition coefficient (Wildman–Crippen LogP) is 4.77. The van der Waals surface area contributed by atoms with Crippen molar-refractivity contribution in [1.82, 2.24) is 4.90 Å². The summed E-state index contributed by atoms with van der Waals surface area (Å²) in [7, 11) is 3.63. The average molecular weight is 408 g/mol. The Morgan fingerprint density at radius 3 is 1.97 bits per heavy atom. The second kappa shape index (κ2) is 10.0. The molecular formula is C24H25NO3S. The average Bonchev–Trinajstić information content (AvgIpc) is 2.76. The molecule has 1 N–H and O–H groups in total. The second-order valence-corrected chi connectivity index (χ2v) is 7.30. The zero-order valence-electron chi connectivity index (χ0n) is 16.6. The van der Waals surface area contributed by atoms with Crippen LogP contribution in [0.1, 0.15) is 22.8 Å². The maximum Gasteiger partial charge on any atom is 0.133 e. The Morgan fingerprint density at radius 1 is 0.862 bits per heavy atom. The molecule has 3 aromatic carbocycles. The maximum atomic E-state index is 10.7. The number of likely N-dealkylation sites (N-methyl/N-ethyl adjacent to an activating group) is 1. The SMILES string of the molecule is CN(C)C(=S)C(O)c1ccc(OCc2ccccc2)cc1OCc1ccccc1. The summed E-state index contributed by atoms with van der Waals surface area (Å²) < 4.78 is 12.0. The maximum absolute atomic E-state index is 10.7. The molecule has 150 valence electrons. The van der Waals surface area contributed by atoms with Crippen LogP contribution in [-0.4, -0.2) is 29.1 Å². The normalized spacial score (nSPS) is 11.6. The molecule has 3 rings (SSSR count). The molecule has 4 nitrogen and oxygen atoms in total. The Morgan fingerprint density at radius 2 is 1.41 bits per heavy atom. The number of aliphatic hydroxyl groups excluding tert-OH is 1. The van der Waals surface area contributed by atoms with Gasteiger partial charge >= 0.3 is 0 Å². The van der Waals surface area contributed by atoms with Crippen LogP contribution < -0.4 is 9.47 Å². The highest BCUT2D eigenvalue weighted by Crippen LogP contribution is 2.32.